The van der Waals surface area contributed by atoms with Crippen LogP contribution in [0, 0.1) is 0 Å². The van der Waals surface area contributed by atoms with Crippen LogP contribution in [0.2, 0.25) is 10.0 Å². The molecular weight excluding hydrogens is 492 g/mol. The number of alkyl halides is 3. The molecule has 0 saturated carbocycles. The molecule has 0 aliphatic rings. The molecule has 168 valence electrons. The van der Waals surface area contributed by atoms with Gasteiger partial charge in [0.05, 0.1) is 10.5 Å². The van der Waals surface area contributed by atoms with E-state index in [9.17, 15) is 26.4 Å². The number of nitrogens with one attached hydrogen (secondary N) is 1. The van der Waals surface area contributed by atoms with Crippen molar-refractivity contribution in [3.8, 4) is 11.6 Å². The minimum absolute atomic E-state index is 0.0443. The molecule has 3 aromatic rings. The van der Waals surface area contributed by atoms with E-state index in [1.165, 1.54) is 42.5 Å². The van der Waals surface area contributed by atoms with Crippen molar-refractivity contribution >= 4 is 44.6 Å². The zero-order chi connectivity index (χ0) is 23.7. The van der Waals surface area contributed by atoms with Crippen molar-refractivity contribution in [2.45, 2.75) is 11.1 Å². The standard InChI is InChI=1S/C20H13Cl2F3N2O4S/c1-32(29,30)16-4-2-3-14(9-16)27-18(28)17-5-11(20(23,24)25)10-26-19(17)31-15-7-12(21)6-13(22)8-15/h2-10H,1H3,(H,27,28). The minimum atomic E-state index is -4.77. The van der Waals surface area contributed by atoms with E-state index in [2.05, 4.69) is 10.3 Å². The molecule has 6 nitrogen and oxygen atoms in total. The maximum absolute atomic E-state index is 13.2. The van der Waals surface area contributed by atoms with Gasteiger partial charge in [-0.25, -0.2) is 13.4 Å². The molecule has 3 rings (SSSR count). The number of ether oxygens (including phenoxy) is 1. The lowest BCUT2D eigenvalue weighted by molar-refractivity contribution is -0.137. The zero-order valence-electron chi connectivity index (χ0n) is 16.1. The van der Waals surface area contributed by atoms with E-state index >= 15 is 0 Å². The first-order valence-electron chi connectivity index (χ1n) is 8.65. The van der Waals surface area contributed by atoms with Gasteiger partial charge < -0.3 is 10.1 Å². The van der Waals surface area contributed by atoms with E-state index in [1.54, 1.807) is 0 Å². The summed E-state index contributed by atoms with van der Waals surface area (Å²) >= 11 is 11.8. The fourth-order valence-corrected chi connectivity index (χ4v) is 3.73. The summed E-state index contributed by atoms with van der Waals surface area (Å²) in [6.07, 6.45) is -3.27. The first-order valence-corrected chi connectivity index (χ1v) is 11.3. The minimum Gasteiger partial charge on any atom is -0.438 e. The van der Waals surface area contributed by atoms with Crippen LogP contribution in [0.15, 0.2) is 59.6 Å². The fraction of sp³-hybridized carbons (Fsp3) is 0.100. The second kappa shape index (κ2) is 8.97. The molecule has 0 atom stereocenters. The van der Waals surface area contributed by atoms with Gasteiger partial charge in [0.15, 0.2) is 9.84 Å². The summed E-state index contributed by atoms with van der Waals surface area (Å²) in [5, 5.41) is 2.75. The average Bonchev–Trinajstić information content (AvgIpc) is 2.66. The fourth-order valence-electron chi connectivity index (χ4n) is 2.55. The van der Waals surface area contributed by atoms with Gasteiger partial charge >= 0.3 is 6.18 Å². The Hall–Kier alpha value is -2.82. The van der Waals surface area contributed by atoms with Crippen LogP contribution in [-0.4, -0.2) is 25.6 Å². The van der Waals surface area contributed by atoms with Crippen LogP contribution in [0.5, 0.6) is 11.6 Å². The van der Waals surface area contributed by atoms with E-state index in [-0.39, 0.29) is 26.4 Å². The average molecular weight is 505 g/mol. The number of nitrogens with zero attached hydrogens (tertiary/aromatic N) is 1. The number of aromatic nitrogens is 1. The van der Waals surface area contributed by atoms with Crippen molar-refractivity contribution in [1.29, 1.82) is 0 Å². The van der Waals surface area contributed by atoms with Crippen molar-refractivity contribution in [2.24, 2.45) is 0 Å². The Kier molecular flexibility index (Phi) is 6.68. The van der Waals surface area contributed by atoms with Crippen LogP contribution in [0.25, 0.3) is 0 Å². The first-order chi connectivity index (χ1) is 14.8. The van der Waals surface area contributed by atoms with E-state index < -0.39 is 38.9 Å². The molecule has 12 heteroatoms. The van der Waals surface area contributed by atoms with Gasteiger partial charge in [0.1, 0.15) is 11.3 Å². The molecule has 0 saturated heterocycles. The molecule has 0 radical (unpaired) electrons. The summed E-state index contributed by atoms with van der Waals surface area (Å²) in [6, 6.07) is 9.91. The second-order valence-electron chi connectivity index (χ2n) is 6.54. The lowest BCUT2D eigenvalue weighted by Gasteiger charge is -2.14. The third-order valence-electron chi connectivity index (χ3n) is 3.99. The maximum Gasteiger partial charge on any atom is 0.417 e. The molecule has 0 spiro atoms. The number of anilines is 1. The molecular formula is C20H13Cl2F3N2O4S. The Bertz CT molecular complexity index is 1280. The topological polar surface area (TPSA) is 85.4 Å². The largest absolute Gasteiger partial charge is 0.438 e. The second-order valence-corrected chi connectivity index (χ2v) is 9.42. The van der Waals surface area contributed by atoms with Gasteiger partial charge in [0, 0.05) is 28.2 Å². The SMILES string of the molecule is CS(=O)(=O)c1cccc(NC(=O)c2cc(C(F)(F)F)cnc2Oc2cc(Cl)cc(Cl)c2)c1. The summed E-state index contributed by atoms with van der Waals surface area (Å²) in [6.45, 7) is 0. The third kappa shape index (κ3) is 5.90. The van der Waals surface area contributed by atoms with Gasteiger partial charge in [-0.05, 0) is 42.5 Å². The summed E-state index contributed by atoms with van der Waals surface area (Å²) in [4.78, 5) is 16.4. The van der Waals surface area contributed by atoms with Crippen LogP contribution in [0.4, 0.5) is 18.9 Å². The number of carbonyl (C=O) groups is 1. The molecule has 0 fully saturated rings. The molecule has 2 aromatic carbocycles. The lowest BCUT2D eigenvalue weighted by atomic mass is 10.1. The molecule has 1 amide bonds. The number of hydrogen-bond donors (Lipinski definition) is 1. The van der Waals surface area contributed by atoms with Gasteiger partial charge in [0.25, 0.3) is 5.91 Å². The van der Waals surface area contributed by atoms with Crippen LogP contribution in [-0.2, 0) is 16.0 Å². The Morgan fingerprint density at radius 1 is 1.06 bits per heavy atom. The number of amides is 1. The lowest BCUT2D eigenvalue weighted by Crippen LogP contribution is -2.16. The van der Waals surface area contributed by atoms with Crippen molar-refractivity contribution in [2.75, 3.05) is 11.6 Å². The molecule has 0 aliphatic heterocycles. The molecule has 0 aliphatic carbocycles. The quantitative estimate of drug-likeness (QED) is 0.470. The van der Waals surface area contributed by atoms with Crippen LogP contribution in [0.3, 0.4) is 0 Å². The van der Waals surface area contributed by atoms with Crippen molar-refractivity contribution < 1.29 is 31.1 Å². The molecule has 32 heavy (non-hydrogen) atoms. The van der Waals surface area contributed by atoms with Crippen LogP contribution < -0.4 is 10.1 Å². The van der Waals surface area contributed by atoms with Gasteiger partial charge in [0.2, 0.25) is 5.88 Å². The maximum atomic E-state index is 13.2. The van der Waals surface area contributed by atoms with Gasteiger partial charge in [-0.3, -0.25) is 4.79 Å². The number of rotatable bonds is 5. The molecule has 0 bridgehead atoms. The Morgan fingerprint density at radius 3 is 2.31 bits per heavy atom. The van der Waals surface area contributed by atoms with E-state index in [0.717, 1.165) is 6.26 Å². The Labute approximate surface area is 190 Å². The predicted molar refractivity (Wildman–Crippen MR) is 113 cm³/mol. The third-order valence-corrected chi connectivity index (χ3v) is 5.54. The van der Waals surface area contributed by atoms with Crippen LogP contribution >= 0.6 is 23.2 Å². The number of halogens is 5. The normalized spacial score (nSPS) is 11.8. The number of carbonyl (C=O) groups excluding carboxylic acids is 1. The van der Waals surface area contributed by atoms with E-state index in [4.69, 9.17) is 27.9 Å². The predicted octanol–water partition coefficient (Wildman–Crippen LogP) is 5.86. The Balaban J connectivity index is 2.01. The van der Waals surface area contributed by atoms with E-state index in [0.29, 0.717) is 12.3 Å². The summed E-state index contributed by atoms with van der Waals surface area (Å²) in [7, 11) is -3.57. The highest BCUT2D eigenvalue weighted by Gasteiger charge is 2.33. The highest BCUT2D eigenvalue weighted by atomic mass is 35.5. The summed E-state index contributed by atoms with van der Waals surface area (Å²) in [5.74, 6) is -1.40. The van der Waals surface area contributed by atoms with Crippen molar-refractivity contribution in [3.63, 3.8) is 0 Å². The zero-order valence-corrected chi connectivity index (χ0v) is 18.4. The highest BCUT2D eigenvalue weighted by molar-refractivity contribution is 7.90. The number of hydrogen-bond acceptors (Lipinski definition) is 5. The molecule has 1 aromatic heterocycles. The number of benzene rings is 2. The summed E-state index contributed by atoms with van der Waals surface area (Å²) in [5.41, 5.74) is -1.67. The van der Waals surface area contributed by atoms with Crippen molar-refractivity contribution in [3.05, 3.63) is 75.9 Å². The number of pyridine rings is 1. The number of sulfone groups is 1. The van der Waals surface area contributed by atoms with Gasteiger partial charge in [-0.15, -0.1) is 0 Å². The van der Waals surface area contributed by atoms with Crippen molar-refractivity contribution in [1.82, 2.24) is 4.98 Å². The first kappa shape index (κ1) is 23.8. The summed E-state index contributed by atoms with van der Waals surface area (Å²) < 4.78 is 68.5. The van der Waals surface area contributed by atoms with E-state index in [1.807, 2.05) is 0 Å². The van der Waals surface area contributed by atoms with Gasteiger partial charge in [-0.1, -0.05) is 29.3 Å². The van der Waals surface area contributed by atoms with Crippen LogP contribution in [0.1, 0.15) is 15.9 Å². The Morgan fingerprint density at radius 2 is 1.72 bits per heavy atom. The molecule has 1 N–H and O–H groups in total. The molecule has 1 heterocycles. The van der Waals surface area contributed by atoms with Gasteiger partial charge in [-0.2, -0.15) is 13.2 Å². The highest BCUT2D eigenvalue weighted by Crippen LogP contribution is 2.34. The molecule has 0 unspecified atom stereocenters. The smallest absolute Gasteiger partial charge is 0.417 e. The monoisotopic (exact) mass is 504 g/mol.